The summed E-state index contributed by atoms with van der Waals surface area (Å²) in [6.07, 6.45) is 0.766. The number of halogens is 1. The van der Waals surface area contributed by atoms with E-state index in [2.05, 4.69) is 17.5 Å². The van der Waals surface area contributed by atoms with Gasteiger partial charge in [0.25, 0.3) is 0 Å². The van der Waals surface area contributed by atoms with E-state index < -0.39 is 0 Å². The van der Waals surface area contributed by atoms with Crippen LogP contribution in [0.25, 0.3) is 10.1 Å². The highest BCUT2D eigenvalue weighted by Crippen LogP contribution is 2.29. The van der Waals surface area contributed by atoms with Crippen LogP contribution < -0.4 is 4.74 Å². The second kappa shape index (κ2) is 5.65. The molecule has 0 saturated heterocycles. The molecule has 2 nitrogen and oxygen atoms in total. The molecule has 0 aliphatic rings. The summed E-state index contributed by atoms with van der Waals surface area (Å²) in [5, 5.41) is 3.76. The molecule has 0 unspecified atom stereocenters. The quantitative estimate of drug-likeness (QED) is 0.638. The van der Waals surface area contributed by atoms with Crippen molar-refractivity contribution < 1.29 is 9.53 Å². The first kappa shape index (κ1) is 13.2. The van der Waals surface area contributed by atoms with Crippen molar-refractivity contribution in [1.82, 2.24) is 0 Å². The summed E-state index contributed by atoms with van der Waals surface area (Å²) in [6, 6.07) is 13.2. The third-order valence-electron chi connectivity index (χ3n) is 3.04. The van der Waals surface area contributed by atoms with Crippen molar-refractivity contribution in [2.75, 3.05) is 0 Å². The molecule has 0 saturated carbocycles. The van der Waals surface area contributed by atoms with E-state index >= 15 is 0 Å². The molecule has 0 bridgehead atoms. The molecule has 0 atom stereocenters. The topological polar surface area (TPSA) is 26.3 Å². The van der Waals surface area contributed by atoms with Gasteiger partial charge in [-0.15, -0.1) is 11.3 Å². The Labute approximate surface area is 125 Å². The first-order valence-corrected chi connectivity index (χ1v) is 7.36. The number of carbonyl (C=O) groups excluding carboxylic acids is 1. The number of fused-ring (bicyclic) bond motifs is 1. The fourth-order valence-electron chi connectivity index (χ4n) is 2.01. The zero-order valence-corrected chi connectivity index (χ0v) is 12.1. The highest BCUT2D eigenvalue weighted by molar-refractivity contribution is 7.17. The van der Waals surface area contributed by atoms with Crippen molar-refractivity contribution in [3.8, 4) is 5.75 Å². The lowest BCUT2D eigenvalue weighted by Crippen LogP contribution is -1.95. The predicted octanol–water partition coefficient (Wildman–Crippen LogP) is 4.95. The first-order valence-electron chi connectivity index (χ1n) is 6.10. The maximum absolute atomic E-state index is 10.7. The van der Waals surface area contributed by atoms with Crippen molar-refractivity contribution >= 4 is 39.3 Å². The Morgan fingerprint density at radius 3 is 2.85 bits per heavy atom. The van der Waals surface area contributed by atoms with Gasteiger partial charge in [-0.1, -0.05) is 29.8 Å². The number of ether oxygens (including phenoxy) is 1. The van der Waals surface area contributed by atoms with Crippen LogP contribution in [0, 0.1) is 0 Å². The molecule has 3 rings (SSSR count). The predicted molar refractivity (Wildman–Crippen MR) is 83.0 cm³/mol. The average molecular weight is 303 g/mol. The molecule has 0 aliphatic carbocycles. The summed E-state index contributed by atoms with van der Waals surface area (Å²) in [6.45, 7) is 0.462. The van der Waals surface area contributed by atoms with Crippen LogP contribution in [0.4, 0.5) is 0 Å². The minimum absolute atomic E-state index is 0.453. The molecule has 3 aromatic rings. The fourth-order valence-corrected chi connectivity index (χ4v) is 3.20. The van der Waals surface area contributed by atoms with E-state index in [4.69, 9.17) is 16.3 Å². The molecule has 0 fully saturated rings. The van der Waals surface area contributed by atoms with Gasteiger partial charge in [0, 0.05) is 15.8 Å². The molecule has 1 heterocycles. The summed E-state index contributed by atoms with van der Waals surface area (Å²) >= 11 is 7.79. The molecular formula is C16H11ClO2S. The zero-order valence-electron chi connectivity index (χ0n) is 10.5. The molecular weight excluding hydrogens is 292 g/mol. The first-order chi connectivity index (χ1) is 9.78. The van der Waals surface area contributed by atoms with Crippen LogP contribution >= 0.6 is 22.9 Å². The van der Waals surface area contributed by atoms with Gasteiger partial charge >= 0.3 is 0 Å². The fraction of sp³-hybridized carbons (Fsp3) is 0.0625. The molecule has 2 aromatic carbocycles. The molecule has 0 amide bonds. The van der Waals surface area contributed by atoms with Crippen LogP contribution in [0.3, 0.4) is 0 Å². The highest BCUT2D eigenvalue weighted by atomic mass is 35.5. The van der Waals surface area contributed by atoms with Crippen LogP contribution in [-0.2, 0) is 6.61 Å². The van der Waals surface area contributed by atoms with E-state index in [0.29, 0.717) is 22.9 Å². The number of hydrogen-bond donors (Lipinski definition) is 0. The monoisotopic (exact) mass is 302 g/mol. The Morgan fingerprint density at radius 1 is 1.20 bits per heavy atom. The van der Waals surface area contributed by atoms with Gasteiger partial charge in [-0.3, -0.25) is 4.79 Å². The van der Waals surface area contributed by atoms with Crippen LogP contribution in [0.2, 0.25) is 5.02 Å². The molecule has 1 aromatic heterocycles. The Kier molecular flexibility index (Phi) is 3.72. The Hall–Kier alpha value is -1.84. The summed E-state index contributed by atoms with van der Waals surface area (Å²) in [4.78, 5) is 10.7. The molecule has 4 heteroatoms. The normalized spacial score (nSPS) is 10.7. The van der Waals surface area contributed by atoms with Gasteiger partial charge in [0.15, 0.2) is 0 Å². The maximum Gasteiger partial charge on any atom is 0.150 e. The number of benzene rings is 2. The lowest BCUT2D eigenvalue weighted by Gasteiger charge is -2.07. The van der Waals surface area contributed by atoms with Crippen molar-refractivity contribution in [2.45, 2.75) is 6.61 Å². The largest absolute Gasteiger partial charge is 0.487 e. The van der Waals surface area contributed by atoms with E-state index in [0.717, 1.165) is 11.8 Å². The van der Waals surface area contributed by atoms with Gasteiger partial charge in [-0.05, 0) is 35.0 Å². The number of thiophene rings is 1. The molecule has 0 spiro atoms. The molecule has 0 N–H and O–H groups in total. The van der Waals surface area contributed by atoms with Gasteiger partial charge in [-0.2, -0.15) is 0 Å². The van der Waals surface area contributed by atoms with Crippen LogP contribution in [-0.4, -0.2) is 6.29 Å². The minimum atomic E-state index is 0.453. The Balaban J connectivity index is 1.81. The van der Waals surface area contributed by atoms with Crippen LogP contribution in [0.15, 0.2) is 47.8 Å². The lowest BCUT2D eigenvalue weighted by molar-refractivity contribution is 0.112. The number of aldehydes is 1. The van der Waals surface area contributed by atoms with Gasteiger partial charge in [0.05, 0.1) is 5.02 Å². The molecule has 100 valence electrons. The van der Waals surface area contributed by atoms with Crippen LogP contribution in [0.1, 0.15) is 15.9 Å². The SMILES string of the molecule is O=Cc1ccc(OCc2csc3ccccc23)c(Cl)c1. The van der Waals surface area contributed by atoms with Crippen molar-refractivity contribution in [1.29, 1.82) is 0 Å². The summed E-state index contributed by atoms with van der Waals surface area (Å²) in [5.74, 6) is 0.590. The smallest absolute Gasteiger partial charge is 0.150 e. The van der Waals surface area contributed by atoms with Crippen LogP contribution in [0.5, 0.6) is 5.75 Å². The highest BCUT2D eigenvalue weighted by Gasteiger charge is 2.07. The number of rotatable bonds is 4. The van der Waals surface area contributed by atoms with E-state index in [-0.39, 0.29) is 0 Å². The molecule has 20 heavy (non-hydrogen) atoms. The lowest BCUT2D eigenvalue weighted by atomic mass is 10.2. The average Bonchev–Trinajstić information content (AvgIpc) is 2.89. The third-order valence-corrected chi connectivity index (χ3v) is 4.34. The van der Waals surface area contributed by atoms with Gasteiger partial charge < -0.3 is 4.74 Å². The van der Waals surface area contributed by atoms with Crippen molar-refractivity contribution in [3.05, 3.63) is 64.0 Å². The second-order valence-corrected chi connectivity index (χ2v) is 5.67. The van der Waals surface area contributed by atoms with E-state index in [1.807, 2.05) is 12.1 Å². The van der Waals surface area contributed by atoms with Crippen molar-refractivity contribution in [3.63, 3.8) is 0 Å². The molecule has 0 radical (unpaired) electrons. The molecule has 0 aliphatic heterocycles. The van der Waals surface area contributed by atoms with E-state index in [1.165, 1.54) is 10.1 Å². The van der Waals surface area contributed by atoms with Gasteiger partial charge in [-0.25, -0.2) is 0 Å². The number of hydrogen-bond acceptors (Lipinski definition) is 3. The summed E-state index contributed by atoms with van der Waals surface area (Å²) in [7, 11) is 0. The standard InChI is InChI=1S/C16H11ClO2S/c17-14-7-11(8-18)5-6-15(14)19-9-12-10-20-16-4-2-1-3-13(12)16/h1-8,10H,9H2. The van der Waals surface area contributed by atoms with Gasteiger partial charge in [0.2, 0.25) is 0 Å². The zero-order chi connectivity index (χ0) is 13.9. The van der Waals surface area contributed by atoms with Gasteiger partial charge in [0.1, 0.15) is 18.6 Å². The van der Waals surface area contributed by atoms with Crippen molar-refractivity contribution in [2.24, 2.45) is 0 Å². The summed E-state index contributed by atoms with van der Waals surface area (Å²) in [5.41, 5.74) is 1.68. The second-order valence-electron chi connectivity index (χ2n) is 4.35. The minimum Gasteiger partial charge on any atom is -0.487 e. The number of carbonyl (C=O) groups is 1. The van der Waals surface area contributed by atoms with E-state index in [9.17, 15) is 4.79 Å². The third kappa shape index (κ3) is 2.55. The summed E-state index contributed by atoms with van der Waals surface area (Å²) < 4.78 is 6.99. The Bertz CT molecular complexity index is 764. The Morgan fingerprint density at radius 2 is 2.05 bits per heavy atom. The maximum atomic E-state index is 10.7. The van der Waals surface area contributed by atoms with E-state index in [1.54, 1.807) is 29.5 Å².